The van der Waals surface area contributed by atoms with Gasteiger partial charge in [-0.3, -0.25) is 14.4 Å². The van der Waals surface area contributed by atoms with E-state index >= 15 is 0 Å². The standard InChI is InChI=1S/C35H43N3O4S/c1-5-18-36(19-6-2)32(40)29-28-21-24(4)35(43-28)30(29)33(41)38(27(23-39)26-16-12-9-13-17-26)31(35)34(42)37(20-7-3)22-25-14-10-8-11-15-25/h5,7-17,24,27-31,39H,1,3,6,18-23H2,2,4H3/t24?,27-,28+,29-,30+,31?,35?/m1/s1. The first-order chi connectivity index (χ1) is 20.8. The average Bonchev–Trinajstić information content (AvgIpc) is 3.61. The molecule has 3 fully saturated rings. The highest BCUT2D eigenvalue weighted by atomic mass is 32.2. The highest BCUT2D eigenvalue weighted by Gasteiger charge is 2.77. The Hall–Kier alpha value is -3.36. The van der Waals surface area contributed by atoms with Gasteiger partial charge in [0.05, 0.1) is 29.2 Å². The van der Waals surface area contributed by atoms with Crippen LogP contribution in [0.4, 0.5) is 0 Å². The molecule has 1 N–H and O–H groups in total. The summed E-state index contributed by atoms with van der Waals surface area (Å²) in [4.78, 5) is 49.2. The number of amides is 3. The van der Waals surface area contributed by atoms with Crippen LogP contribution in [-0.2, 0) is 20.9 Å². The molecule has 2 aromatic carbocycles. The minimum atomic E-state index is -0.840. The van der Waals surface area contributed by atoms with Crippen molar-refractivity contribution in [2.45, 2.75) is 55.3 Å². The molecule has 0 aliphatic carbocycles. The minimum Gasteiger partial charge on any atom is -0.394 e. The number of hydrogen-bond donors (Lipinski definition) is 1. The summed E-state index contributed by atoms with van der Waals surface area (Å²) in [5.74, 6) is -1.58. The lowest BCUT2D eigenvalue weighted by molar-refractivity contribution is -0.147. The highest BCUT2D eigenvalue weighted by Crippen LogP contribution is 2.69. The van der Waals surface area contributed by atoms with Gasteiger partial charge in [-0.15, -0.1) is 24.9 Å². The van der Waals surface area contributed by atoms with Crippen molar-refractivity contribution in [2.24, 2.45) is 17.8 Å². The second-order valence-corrected chi connectivity index (χ2v) is 13.5. The van der Waals surface area contributed by atoms with Gasteiger partial charge in [0.15, 0.2) is 0 Å². The van der Waals surface area contributed by atoms with Gasteiger partial charge in [0.25, 0.3) is 0 Å². The molecule has 5 rings (SSSR count). The number of hydrogen-bond acceptors (Lipinski definition) is 5. The Bertz CT molecular complexity index is 1340. The van der Waals surface area contributed by atoms with E-state index in [1.807, 2.05) is 72.5 Å². The third kappa shape index (κ3) is 5.33. The van der Waals surface area contributed by atoms with Gasteiger partial charge >= 0.3 is 0 Å². The smallest absolute Gasteiger partial charge is 0.247 e. The van der Waals surface area contributed by atoms with Crippen molar-refractivity contribution in [3.63, 3.8) is 0 Å². The van der Waals surface area contributed by atoms with Crippen LogP contribution in [0.25, 0.3) is 0 Å². The van der Waals surface area contributed by atoms with E-state index in [4.69, 9.17) is 0 Å². The number of benzene rings is 2. The summed E-state index contributed by atoms with van der Waals surface area (Å²) in [5, 5.41) is 10.8. The summed E-state index contributed by atoms with van der Waals surface area (Å²) in [6.07, 6.45) is 5.00. The number of carbonyl (C=O) groups excluding carboxylic acids is 3. The molecule has 2 aromatic rings. The number of aliphatic hydroxyl groups excluding tert-OH is 1. The highest BCUT2D eigenvalue weighted by molar-refractivity contribution is 8.02. The van der Waals surface area contributed by atoms with E-state index < -0.39 is 28.7 Å². The van der Waals surface area contributed by atoms with Gasteiger partial charge in [-0.25, -0.2) is 0 Å². The SMILES string of the molecule is C=CCN(Cc1ccccc1)C(=O)C1N([C@H](CO)c2ccccc2)C(=O)[C@@H]2[C@H](C(=O)N(CC=C)CCC)[C@@H]3CC(C)C12S3. The van der Waals surface area contributed by atoms with Crippen molar-refractivity contribution in [1.82, 2.24) is 14.7 Å². The minimum absolute atomic E-state index is 0.0240. The van der Waals surface area contributed by atoms with Crippen LogP contribution in [0.15, 0.2) is 86.0 Å². The molecule has 0 radical (unpaired) electrons. The van der Waals surface area contributed by atoms with Crippen LogP contribution >= 0.6 is 11.8 Å². The fraction of sp³-hybridized carbons (Fsp3) is 0.457. The number of nitrogens with zero attached hydrogens (tertiary/aromatic N) is 3. The molecule has 0 aromatic heterocycles. The number of thioether (sulfide) groups is 1. The van der Waals surface area contributed by atoms with Crippen LogP contribution in [0.3, 0.4) is 0 Å². The Labute approximate surface area is 259 Å². The summed E-state index contributed by atoms with van der Waals surface area (Å²) in [6, 6.07) is 17.7. The number of rotatable bonds is 13. The van der Waals surface area contributed by atoms with E-state index in [0.29, 0.717) is 26.2 Å². The largest absolute Gasteiger partial charge is 0.394 e. The molecule has 3 amide bonds. The molecule has 3 aliphatic rings. The van der Waals surface area contributed by atoms with Crippen LogP contribution in [-0.4, -0.2) is 79.8 Å². The summed E-state index contributed by atoms with van der Waals surface area (Å²) < 4.78 is -0.788. The van der Waals surface area contributed by atoms with Gasteiger partial charge in [-0.2, -0.15) is 0 Å². The average molecular weight is 602 g/mol. The normalized spacial score (nSPS) is 27.9. The first-order valence-electron chi connectivity index (χ1n) is 15.3. The van der Waals surface area contributed by atoms with Crippen molar-refractivity contribution in [2.75, 3.05) is 26.2 Å². The molecule has 7 atom stereocenters. The van der Waals surface area contributed by atoms with Crippen LogP contribution in [0.5, 0.6) is 0 Å². The summed E-state index contributed by atoms with van der Waals surface area (Å²) in [7, 11) is 0. The molecular weight excluding hydrogens is 558 g/mol. The number of aliphatic hydroxyl groups is 1. The lowest BCUT2D eigenvalue weighted by Crippen LogP contribution is -2.58. The molecule has 3 aliphatic heterocycles. The quantitative estimate of drug-likeness (QED) is 0.337. The zero-order valence-corrected chi connectivity index (χ0v) is 26.0. The van der Waals surface area contributed by atoms with Crippen molar-refractivity contribution in [3.05, 3.63) is 97.1 Å². The fourth-order valence-corrected chi connectivity index (χ4v) is 10.1. The lowest BCUT2D eigenvalue weighted by Gasteiger charge is -2.42. The van der Waals surface area contributed by atoms with Crippen molar-refractivity contribution >= 4 is 29.5 Å². The van der Waals surface area contributed by atoms with Gasteiger partial charge in [-0.05, 0) is 29.9 Å². The van der Waals surface area contributed by atoms with E-state index in [0.717, 1.165) is 24.0 Å². The first kappa shape index (κ1) is 31.1. The number of carbonyl (C=O) groups is 3. The Morgan fingerprint density at radius 1 is 1.05 bits per heavy atom. The Kier molecular flexibility index (Phi) is 9.47. The predicted molar refractivity (Wildman–Crippen MR) is 171 cm³/mol. The predicted octanol–water partition coefficient (Wildman–Crippen LogP) is 4.70. The zero-order valence-electron chi connectivity index (χ0n) is 25.2. The van der Waals surface area contributed by atoms with Crippen LogP contribution < -0.4 is 0 Å². The topological polar surface area (TPSA) is 81.2 Å². The summed E-state index contributed by atoms with van der Waals surface area (Å²) in [5.41, 5.74) is 1.74. The van der Waals surface area contributed by atoms with Gasteiger partial charge < -0.3 is 19.8 Å². The van der Waals surface area contributed by atoms with Crippen molar-refractivity contribution < 1.29 is 19.5 Å². The lowest BCUT2D eigenvalue weighted by atomic mass is 9.65. The summed E-state index contributed by atoms with van der Waals surface area (Å²) >= 11 is 1.67. The number of likely N-dealkylation sites (tertiary alicyclic amines) is 1. The van der Waals surface area contributed by atoms with Crippen molar-refractivity contribution in [3.8, 4) is 0 Å². The maximum Gasteiger partial charge on any atom is 0.247 e. The molecule has 3 heterocycles. The maximum absolute atomic E-state index is 14.9. The van der Waals surface area contributed by atoms with Gasteiger partial charge in [-0.1, -0.05) is 86.7 Å². The van der Waals surface area contributed by atoms with E-state index in [1.54, 1.807) is 33.7 Å². The van der Waals surface area contributed by atoms with Crippen LogP contribution in [0.1, 0.15) is 43.9 Å². The second kappa shape index (κ2) is 13.1. The fourth-order valence-electron chi connectivity index (χ4n) is 7.68. The van der Waals surface area contributed by atoms with Crippen molar-refractivity contribution in [1.29, 1.82) is 0 Å². The molecule has 43 heavy (non-hydrogen) atoms. The molecule has 1 spiro atoms. The van der Waals surface area contributed by atoms with E-state index in [1.165, 1.54) is 0 Å². The van der Waals surface area contributed by atoms with Gasteiger partial charge in [0.2, 0.25) is 17.7 Å². The Balaban J connectivity index is 1.63. The Morgan fingerprint density at radius 2 is 1.67 bits per heavy atom. The summed E-state index contributed by atoms with van der Waals surface area (Å²) in [6.45, 7) is 13.3. The third-order valence-electron chi connectivity index (χ3n) is 9.43. The molecule has 3 unspecified atom stereocenters. The molecule has 7 nitrogen and oxygen atoms in total. The zero-order chi connectivity index (χ0) is 30.7. The van der Waals surface area contributed by atoms with Crippen LogP contribution in [0, 0.1) is 17.8 Å². The molecule has 228 valence electrons. The van der Waals surface area contributed by atoms with E-state index in [2.05, 4.69) is 20.1 Å². The second-order valence-electron chi connectivity index (χ2n) is 12.0. The molecule has 3 saturated heterocycles. The first-order valence-corrected chi connectivity index (χ1v) is 16.2. The molecule has 8 heteroatoms. The Morgan fingerprint density at radius 3 is 2.28 bits per heavy atom. The van der Waals surface area contributed by atoms with Gasteiger partial charge in [0, 0.05) is 31.4 Å². The van der Waals surface area contributed by atoms with Crippen LogP contribution in [0.2, 0.25) is 0 Å². The van der Waals surface area contributed by atoms with Gasteiger partial charge in [0.1, 0.15) is 6.04 Å². The molecule has 0 saturated carbocycles. The van der Waals surface area contributed by atoms with E-state index in [-0.39, 0.29) is 35.5 Å². The monoisotopic (exact) mass is 601 g/mol. The number of fused-ring (bicyclic) bond motifs is 1. The maximum atomic E-state index is 14.9. The third-order valence-corrected chi connectivity index (χ3v) is 11.5. The van der Waals surface area contributed by atoms with E-state index in [9.17, 15) is 19.5 Å². The molecular formula is C35H43N3O4S. The molecule has 2 bridgehead atoms.